The largest absolute Gasteiger partial charge is 0.467 e. The average molecular weight is 221 g/mol. The van der Waals surface area contributed by atoms with Crippen molar-refractivity contribution >= 4 is 11.7 Å². The molecule has 0 unspecified atom stereocenters. The minimum atomic E-state index is -0.860. The van der Waals surface area contributed by atoms with Crippen molar-refractivity contribution in [3.63, 3.8) is 0 Å². The molecule has 16 heavy (non-hydrogen) atoms. The number of ether oxygens (including phenoxy) is 1. The van der Waals surface area contributed by atoms with Gasteiger partial charge in [0.05, 0.1) is 31.2 Å². The second-order valence-corrected chi connectivity index (χ2v) is 2.98. The number of carbonyl (C=O) groups excluding carboxylic acids is 1. The molecule has 0 radical (unpaired) electrons. The van der Waals surface area contributed by atoms with E-state index in [9.17, 15) is 4.79 Å². The summed E-state index contributed by atoms with van der Waals surface area (Å²) in [6.45, 7) is -0.399. The third-order valence-electron chi connectivity index (χ3n) is 1.88. The van der Waals surface area contributed by atoms with E-state index in [1.807, 2.05) is 6.07 Å². The molecule has 0 aromatic carbocycles. The van der Waals surface area contributed by atoms with Gasteiger partial charge in [0.25, 0.3) is 0 Å². The van der Waals surface area contributed by atoms with Crippen molar-refractivity contribution in [3.05, 3.63) is 24.0 Å². The van der Waals surface area contributed by atoms with Crippen molar-refractivity contribution in [2.24, 2.45) is 0 Å². The molecule has 0 saturated heterocycles. The molecule has 0 amide bonds. The third-order valence-corrected chi connectivity index (χ3v) is 1.88. The Balaban J connectivity index is 2.78. The summed E-state index contributed by atoms with van der Waals surface area (Å²) in [5.74, 6) is -0.579. The van der Waals surface area contributed by atoms with Gasteiger partial charge < -0.3 is 15.2 Å². The number of methoxy groups -OCH3 is 1. The molecule has 6 heteroatoms. The Morgan fingerprint density at radius 3 is 3.06 bits per heavy atom. The normalized spacial score (nSPS) is 11.3. The highest BCUT2D eigenvalue weighted by molar-refractivity contribution is 5.79. The highest BCUT2D eigenvalue weighted by atomic mass is 16.5. The van der Waals surface area contributed by atoms with Gasteiger partial charge in [0.1, 0.15) is 12.1 Å². The fourth-order valence-electron chi connectivity index (χ4n) is 1.10. The van der Waals surface area contributed by atoms with E-state index in [0.717, 1.165) is 0 Å². The summed E-state index contributed by atoms with van der Waals surface area (Å²) in [5.41, 5.74) is 0.843. The molecule has 0 aliphatic rings. The van der Waals surface area contributed by atoms with E-state index in [1.54, 1.807) is 0 Å². The average Bonchev–Trinajstić information content (AvgIpc) is 2.35. The molecule has 0 spiro atoms. The number of nitrogens with zero attached hydrogens (tertiary/aromatic N) is 2. The quantitative estimate of drug-likeness (QED) is 0.689. The van der Waals surface area contributed by atoms with Crippen LogP contribution in [0.2, 0.25) is 0 Å². The number of carbonyl (C=O) groups is 1. The first-order chi connectivity index (χ1) is 7.71. The molecule has 0 bridgehead atoms. The highest BCUT2D eigenvalue weighted by Crippen LogP contribution is 2.09. The zero-order chi connectivity index (χ0) is 12.0. The van der Waals surface area contributed by atoms with Crippen LogP contribution in [0, 0.1) is 11.3 Å². The Morgan fingerprint density at radius 2 is 2.50 bits per heavy atom. The van der Waals surface area contributed by atoms with Gasteiger partial charge in [-0.15, -0.1) is 0 Å². The van der Waals surface area contributed by atoms with E-state index in [-0.39, 0.29) is 0 Å². The molecule has 6 nitrogen and oxygen atoms in total. The van der Waals surface area contributed by atoms with Gasteiger partial charge in [-0.05, 0) is 6.07 Å². The van der Waals surface area contributed by atoms with Crippen molar-refractivity contribution < 1.29 is 14.6 Å². The summed E-state index contributed by atoms with van der Waals surface area (Å²) >= 11 is 0. The molecule has 0 aliphatic carbocycles. The van der Waals surface area contributed by atoms with Gasteiger partial charge in [0.15, 0.2) is 0 Å². The molecule has 1 heterocycles. The minimum absolute atomic E-state index is 0.367. The predicted molar refractivity (Wildman–Crippen MR) is 55.5 cm³/mol. The zero-order valence-corrected chi connectivity index (χ0v) is 8.67. The highest BCUT2D eigenvalue weighted by Gasteiger charge is 2.17. The molecule has 0 fully saturated rings. The first kappa shape index (κ1) is 11.9. The molecule has 1 rings (SSSR count). The number of esters is 1. The number of rotatable bonds is 4. The summed E-state index contributed by atoms with van der Waals surface area (Å²) in [7, 11) is 1.23. The molecular weight excluding hydrogens is 210 g/mol. The van der Waals surface area contributed by atoms with Gasteiger partial charge >= 0.3 is 5.97 Å². The van der Waals surface area contributed by atoms with Crippen LogP contribution in [0.15, 0.2) is 18.5 Å². The van der Waals surface area contributed by atoms with Crippen LogP contribution in [0.25, 0.3) is 0 Å². The number of nitriles is 1. The summed E-state index contributed by atoms with van der Waals surface area (Å²) in [6.07, 6.45) is 2.85. The van der Waals surface area contributed by atoms with Crippen LogP contribution in [0.4, 0.5) is 5.69 Å². The monoisotopic (exact) mass is 221 g/mol. The SMILES string of the molecule is COC(=O)[C@H](CO)Nc1cncc(C#N)c1. The van der Waals surface area contributed by atoms with Crippen LogP contribution < -0.4 is 5.32 Å². The van der Waals surface area contributed by atoms with Crippen molar-refractivity contribution in [1.82, 2.24) is 4.98 Å². The van der Waals surface area contributed by atoms with E-state index >= 15 is 0 Å². The topological polar surface area (TPSA) is 95.2 Å². The van der Waals surface area contributed by atoms with E-state index in [2.05, 4.69) is 15.0 Å². The molecular formula is C10H11N3O3. The predicted octanol–water partition coefficient (Wildman–Crippen LogP) is -0.101. The van der Waals surface area contributed by atoms with Crippen LogP contribution in [-0.4, -0.2) is 35.8 Å². The van der Waals surface area contributed by atoms with Crippen molar-refractivity contribution in [3.8, 4) is 6.07 Å². The lowest BCUT2D eigenvalue weighted by molar-refractivity contribution is -0.142. The second kappa shape index (κ2) is 5.68. The Morgan fingerprint density at radius 1 is 1.75 bits per heavy atom. The van der Waals surface area contributed by atoms with Gasteiger partial charge in [0.2, 0.25) is 0 Å². The number of hydrogen-bond donors (Lipinski definition) is 2. The van der Waals surface area contributed by atoms with Crippen LogP contribution in [-0.2, 0) is 9.53 Å². The number of hydrogen-bond acceptors (Lipinski definition) is 6. The third kappa shape index (κ3) is 2.93. The summed E-state index contributed by atoms with van der Waals surface area (Å²) in [5, 5.41) is 20.3. The van der Waals surface area contributed by atoms with Crippen LogP contribution in [0.3, 0.4) is 0 Å². The van der Waals surface area contributed by atoms with Gasteiger partial charge in [-0.25, -0.2) is 4.79 Å². The zero-order valence-electron chi connectivity index (χ0n) is 8.67. The van der Waals surface area contributed by atoms with E-state index < -0.39 is 18.6 Å². The Labute approximate surface area is 92.5 Å². The van der Waals surface area contributed by atoms with Crippen molar-refractivity contribution in [2.45, 2.75) is 6.04 Å². The minimum Gasteiger partial charge on any atom is -0.467 e. The first-order valence-electron chi connectivity index (χ1n) is 4.51. The number of aromatic nitrogens is 1. The molecule has 84 valence electrons. The molecule has 1 aromatic rings. The number of pyridine rings is 1. The lowest BCUT2D eigenvalue weighted by atomic mass is 10.2. The number of aliphatic hydroxyl groups is 1. The van der Waals surface area contributed by atoms with E-state index in [1.165, 1.54) is 25.6 Å². The Kier molecular flexibility index (Phi) is 4.24. The number of anilines is 1. The maximum absolute atomic E-state index is 11.2. The summed E-state index contributed by atoms with van der Waals surface area (Å²) in [4.78, 5) is 15.0. The second-order valence-electron chi connectivity index (χ2n) is 2.98. The lowest BCUT2D eigenvalue weighted by Crippen LogP contribution is -2.34. The fraction of sp³-hybridized carbons (Fsp3) is 0.300. The molecule has 2 N–H and O–H groups in total. The van der Waals surface area contributed by atoms with Crippen LogP contribution in [0.5, 0.6) is 0 Å². The lowest BCUT2D eigenvalue weighted by Gasteiger charge is -2.14. The fourth-order valence-corrected chi connectivity index (χ4v) is 1.10. The van der Waals surface area contributed by atoms with Crippen molar-refractivity contribution in [2.75, 3.05) is 19.0 Å². The maximum Gasteiger partial charge on any atom is 0.330 e. The molecule has 1 atom stereocenters. The molecule has 0 saturated carbocycles. The van der Waals surface area contributed by atoms with Crippen LogP contribution in [0.1, 0.15) is 5.56 Å². The van der Waals surface area contributed by atoms with Gasteiger partial charge in [-0.2, -0.15) is 5.26 Å². The van der Waals surface area contributed by atoms with Gasteiger partial charge in [0, 0.05) is 6.20 Å². The molecule has 1 aromatic heterocycles. The van der Waals surface area contributed by atoms with E-state index in [4.69, 9.17) is 10.4 Å². The summed E-state index contributed by atoms with van der Waals surface area (Å²) in [6, 6.07) is 2.59. The first-order valence-corrected chi connectivity index (χ1v) is 4.51. The Bertz CT molecular complexity index is 414. The standard InChI is InChI=1S/C10H11N3O3/c1-16-10(15)9(6-14)13-8-2-7(3-11)4-12-5-8/h2,4-5,9,13-14H,6H2,1H3/t9-/m0/s1. The Hall–Kier alpha value is -2.13. The maximum atomic E-state index is 11.2. The van der Waals surface area contributed by atoms with Crippen molar-refractivity contribution in [1.29, 1.82) is 5.26 Å². The smallest absolute Gasteiger partial charge is 0.330 e. The number of aliphatic hydroxyl groups excluding tert-OH is 1. The van der Waals surface area contributed by atoms with E-state index in [0.29, 0.717) is 11.3 Å². The van der Waals surface area contributed by atoms with Gasteiger partial charge in [-0.3, -0.25) is 4.98 Å². The summed E-state index contributed by atoms with van der Waals surface area (Å²) < 4.78 is 4.49. The van der Waals surface area contributed by atoms with Crippen LogP contribution >= 0.6 is 0 Å². The molecule has 0 aliphatic heterocycles. The number of nitrogens with one attached hydrogen (secondary N) is 1. The van der Waals surface area contributed by atoms with Gasteiger partial charge in [-0.1, -0.05) is 0 Å².